The Bertz CT molecular complexity index is 1630. The molecule has 0 aliphatic carbocycles. The molecule has 1 N–H and O–H groups in total. The van der Waals surface area contributed by atoms with Crippen LogP contribution in [0.15, 0.2) is 61.5 Å². The van der Waals surface area contributed by atoms with E-state index in [1.807, 2.05) is 27.7 Å². The molecule has 4 rings (SSSR count). The molecule has 0 spiro atoms. The fraction of sp³-hybridized carbons (Fsp3) is 0.406. The van der Waals surface area contributed by atoms with Crippen molar-refractivity contribution in [2.24, 2.45) is 0 Å². The Hall–Kier alpha value is -4.02. The van der Waals surface area contributed by atoms with Crippen LogP contribution < -0.4 is 4.18 Å². The lowest BCUT2D eigenvalue weighted by Gasteiger charge is -2.33. The van der Waals surface area contributed by atoms with E-state index in [1.165, 1.54) is 23.8 Å². The van der Waals surface area contributed by atoms with E-state index in [0.29, 0.717) is 18.8 Å². The molecule has 1 unspecified atom stereocenters. The summed E-state index contributed by atoms with van der Waals surface area (Å²) >= 11 is 1.03. The molecule has 0 aromatic carbocycles. The van der Waals surface area contributed by atoms with Gasteiger partial charge in [0.15, 0.2) is 0 Å². The molecule has 0 radical (unpaired) electrons. The van der Waals surface area contributed by atoms with Crippen molar-refractivity contribution < 1.29 is 44.8 Å². The van der Waals surface area contributed by atoms with Crippen molar-refractivity contribution in [3.8, 4) is 17.3 Å². The molecule has 0 fully saturated rings. The van der Waals surface area contributed by atoms with E-state index in [-0.39, 0.29) is 32.9 Å². The van der Waals surface area contributed by atoms with Crippen molar-refractivity contribution in [1.29, 1.82) is 0 Å². The maximum atomic E-state index is 14.3. The number of hydrogen-bond acceptors (Lipinski definition) is 9. The Morgan fingerprint density at radius 3 is 2.27 bits per heavy atom. The molecular formula is C32H44F4N4O6S2. The Morgan fingerprint density at radius 1 is 1.15 bits per heavy atom. The number of alkyl halides is 3. The SMILES string of the molecule is C=CC(=O)N1CCn2nc(-c3nc(OS(=O)(=O)C(F)(F)F)c4ccsc4c3/C=C(\F)C=C)cc2C1C.C=COCCC.CC.CC.CO. The van der Waals surface area contributed by atoms with Crippen LogP contribution in [0, 0.1) is 0 Å². The Kier molecular flexibility index (Phi) is 19.3. The number of nitrogens with zero attached hydrogens (tertiary/aromatic N) is 4. The number of carbonyl (C=O) groups is 1. The minimum absolute atomic E-state index is 0.0558. The molecule has 0 saturated carbocycles. The predicted molar refractivity (Wildman–Crippen MR) is 183 cm³/mol. The third-order valence-electron chi connectivity index (χ3n) is 5.96. The number of allylic oxidation sites excluding steroid dienone is 2. The topological polar surface area (TPSA) is 124 Å². The second-order valence-electron chi connectivity index (χ2n) is 8.69. The average molecular weight is 721 g/mol. The van der Waals surface area contributed by atoms with Crippen LogP contribution in [-0.4, -0.2) is 64.9 Å². The molecule has 16 heteroatoms. The second kappa shape index (κ2) is 21.1. The lowest BCUT2D eigenvalue weighted by atomic mass is 10.1. The van der Waals surface area contributed by atoms with Gasteiger partial charge in [0.05, 0.1) is 36.5 Å². The zero-order chi connectivity index (χ0) is 37.2. The number of halogens is 4. The maximum absolute atomic E-state index is 14.3. The second-order valence-corrected chi connectivity index (χ2v) is 11.1. The first-order valence-electron chi connectivity index (χ1n) is 14.9. The highest BCUT2D eigenvalue weighted by Crippen LogP contribution is 2.41. The van der Waals surface area contributed by atoms with E-state index in [4.69, 9.17) is 9.84 Å². The molecule has 0 bridgehead atoms. The number of aliphatic hydroxyl groups is 1. The highest BCUT2D eigenvalue weighted by molar-refractivity contribution is 7.88. The van der Waals surface area contributed by atoms with E-state index in [1.54, 1.807) is 22.6 Å². The molecule has 10 nitrogen and oxygen atoms in total. The van der Waals surface area contributed by atoms with Crippen LogP contribution in [0.3, 0.4) is 0 Å². The lowest BCUT2D eigenvalue weighted by Crippen LogP contribution is -2.40. The summed E-state index contributed by atoms with van der Waals surface area (Å²) < 4.78 is 87.8. The van der Waals surface area contributed by atoms with Gasteiger partial charge in [-0.2, -0.15) is 26.7 Å². The van der Waals surface area contributed by atoms with Gasteiger partial charge in [0.25, 0.3) is 0 Å². The van der Waals surface area contributed by atoms with E-state index < -0.39 is 33.4 Å². The van der Waals surface area contributed by atoms with Crippen LogP contribution in [0.25, 0.3) is 27.6 Å². The fourth-order valence-corrected chi connectivity index (χ4v) is 5.33. The summed E-state index contributed by atoms with van der Waals surface area (Å²) in [4.78, 5) is 17.8. The van der Waals surface area contributed by atoms with Crippen LogP contribution in [0.5, 0.6) is 5.88 Å². The highest BCUT2D eigenvalue weighted by atomic mass is 32.2. The summed E-state index contributed by atoms with van der Waals surface area (Å²) in [6.45, 7) is 23.5. The van der Waals surface area contributed by atoms with E-state index in [9.17, 15) is 30.8 Å². The third-order valence-corrected chi connectivity index (χ3v) is 7.85. The Balaban J connectivity index is 0.00000161. The van der Waals surface area contributed by atoms with Gasteiger partial charge in [-0.1, -0.05) is 54.4 Å². The molecule has 3 aromatic rings. The number of pyridine rings is 1. The van der Waals surface area contributed by atoms with Crippen molar-refractivity contribution in [1.82, 2.24) is 19.7 Å². The number of rotatable bonds is 9. The molecule has 268 valence electrons. The van der Waals surface area contributed by atoms with Gasteiger partial charge >= 0.3 is 15.6 Å². The van der Waals surface area contributed by atoms with Gasteiger partial charge in [-0.05, 0) is 49.1 Å². The number of aromatic nitrogens is 3. The number of hydrogen-bond donors (Lipinski definition) is 1. The molecule has 1 aliphatic heterocycles. The number of aliphatic hydroxyl groups excluding tert-OH is 1. The van der Waals surface area contributed by atoms with Crippen molar-refractivity contribution in [2.45, 2.75) is 66.1 Å². The monoisotopic (exact) mass is 720 g/mol. The smallest absolute Gasteiger partial charge is 0.502 e. The first-order valence-corrected chi connectivity index (χ1v) is 17.2. The highest BCUT2D eigenvalue weighted by Gasteiger charge is 2.49. The molecule has 3 aromatic heterocycles. The summed E-state index contributed by atoms with van der Waals surface area (Å²) in [6.07, 6.45) is 5.71. The van der Waals surface area contributed by atoms with Gasteiger partial charge in [0.1, 0.15) is 17.2 Å². The van der Waals surface area contributed by atoms with Crippen molar-refractivity contribution in [3.05, 3.63) is 72.7 Å². The van der Waals surface area contributed by atoms with E-state index >= 15 is 0 Å². The molecular weight excluding hydrogens is 676 g/mol. The molecule has 0 saturated heterocycles. The first kappa shape index (κ1) is 44.0. The Labute approximate surface area is 283 Å². The number of thiophene rings is 1. The number of amides is 1. The van der Waals surface area contributed by atoms with Gasteiger partial charge < -0.3 is 18.9 Å². The largest absolute Gasteiger partial charge is 0.534 e. The zero-order valence-corrected chi connectivity index (χ0v) is 29.8. The standard InChI is InChI=1S/C22H18F4N4O4S2.C5H10O.2C2H6.CH4O/c1-4-13(23)10-15-19(16-11-17-12(3)29(18(31)5-2)7-8-30(17)28-16)27-21(14-6-9-35-20(14)15)34-36(32,33)22(24,25)26;1-3-5-6-4-2;3*1-2/h4-6,9-12H,1-2,7-8H2,3H3;4H,2-3,5H2,1H3;2*1-2H3;2H,1H3/b13-10-;;;;. The summed E-state index contributed by atoms with van der Waals surface area (Å²) in [7, 11) is -5.03. The fourth-order valence-electron chi connectivity index (χ4n) is 3.99. The lowest BCUT2D eigenvalue weighted by molar-refractivity contribution is -0.129. The van der Waals surface area contributed by atoms with Crippen molar-refractivity contribution in [3.63, 3.8) is 0 Å². The first-order chi connectivity index (χ1) is 22.8. The molecule has 48 heavy (non-hydrogen) atoms. The van der Waals surface area contributed by atoms with Gasteiger partial charge in [0.2, 0.25) is 11.8 Å². The number of carbonyl (C=O) groups excluding carboxylic acids is 1. The van der Waals surface area contributed by atoms with Gasteiger partial charge in [-0.3, -0.25) is 9.48 Å². The third kappa shape index (κ3) is 11.0. The molecule has 1 atom stereocenters. The zero-order valence-electron chi connectivity index (χ0n) is 28.2. The van der Waals surface area contributed by atoms with E-state index in [0.717, 1.165) is 43.6 Å². The van der Waals surface area contributed by atoms with Crippen molar-refractivity contribution >= 4 is 43.5 Å². The average Bonchev–Trinajstić information content (AvgIpc) is 3.76. The Morgan fingerprint density at radius 2 is 1.77 bits per heavy atom. The summed E-state index contributed by atoms with van der Waals surface area (Å²) in [5.41, 5.74) is -4.93. The van der Waals surface area contributed by atoms with Gasteiger partial charge in [0, 0.05) is 23.9 Å². The van der Waals surface area contributed by atoms with Gasteiger partial charge in [-0.25, -0.2) is 9.37 Å². The number of fused-ring (bicyclic) bond motifs is 2. The molecule has 4 heterocycles. The summed E-state index contributed by atoms with van der Waals surface area (Å²) in [5.74, 6) is -1.87. The van der Waals surface area contributed by atoms with Crippen molar-refractivity contribution in [2.75, 3.05) is 20.3 Å². The molecule has 1 amide bonds. The normalized spacial score (nSPS) is 13.8. The predicted octanol–water partition coefficient (Wildman–Crippen LogP) is 8.19. The van der Waals surface area contributed by atoms with Crippen LogP contribution in [-0.2, 0) is 26.2 Å². The number of ether oxygens (including phenoxy) is 1. The van der Waals surface area contributed by atoms with Crippen LogP contribution in [0.1, 0.15) is 65.3 Å². The minimum atomic E-state index is -6.03. The van der Waals surface area contributed by atoms with E-state index in [2.05, 4.69) is 40.9 Å². The molecule has 1 aliphatic rings. The minimum Gasteiger partial charge on any atom is -0.502 e. The summed E-state index contributed by atoms with van der Waals surface area (Å²) in [5, 5.41) is 12.9. The van der Waals surface area contributed by atoms with Crippen LogP contribution >= 0.6 is 11.3 Å². The quantitative estimate of drug-likeness (QED) is 0.0447. The maximum Gasteiger partial charge on any atom is 0.534 e. The van der Waals surface area contributed by atoms with Crippen LogP contribution in [0.4, 0.5) is 17.6 Å². The van der Waals surface area contributed by atoms with Crippen LogP contribution in [0.2, 0.25) is 0 Å². The van der Waals surface area contributed by atoms with Gasteiger partial charge in [-0.15, -0.1) is 11.3 Å². The summed E-state index contributed by atoms with van der Waals surface area (Å²) in [6, 6.07) is 2.45.